The molecule has 1 aliphatic rings. The fourth-order valence-electron chi connectivity index (χ4n) is 3.25. The third-order valence-corrected chi connectivity index (χ3v) is 4.59. The van der Waals surface area contributed by atoms with Gasteiger partial charge in [-0.1, -0.05) is 12.1 Å². The fraction of sp³-hybridized carbons (Fsp3) is 0.389. The van der Waals surface area contributed by atoms with E-state index < -0.39 is 0 Å². The summed E-state index contributed by atoms with van der Waals surface area (Å²) in [5.74, 6) is -0.202. The van der Waals surface area contributed by atoms with E-state index in [9.17, 15) is 9.18 Å². The van der Waals surface area contributed by atoms with Crippen molar-refractivity contribution in [3.05, 3.63) is 68.9 Å². The first-order valence-corrected chi connectivity index (χ1v) is 7.73. The maximum absolute atomic E-state index is 13.1. The Morgan fingerprint density at radius 1 is 1.27 bits per heavy atom. The van der Waals surface area contributed by atoms with E-state index in [2.05, 4.69) is 9.88 Å². The molecule has 0 aliphatic carbocycles. The lowest BCUT2D eigenvalue weighted by Gasteiger charge is -2.25. The highest BCUT2D eigenvalue weighted by atomic mass is 19.1. The van der Waals surface area contributed by atoms with Gasteiger partial charge in [-0.05, 0) is 50.9 Å². The second-order valence-electron chi connectivity index (χ2n) is 6.08. The predicted molar refractivity (Wildman–Crippen MR) is 85.3 cm³/mol. The molecule has 1 N–H and O–H groups in total. The van der Waals surface area contributed by atoms with Crippen LogP contribution in [-0.4, -0.2) is 16.4 Å². The Hall–Kier alpha value is -1.94. The zero-order chi connectivity index (χ0) is 15.7. The molecule has 1 aromatic heterocycles. The molecular formula is C18H21FN2O. The van der Waals surface area contributed by atoms with Gasteiger partial charge in [0.25, 0.3) is 0 Å². The molecule has 3 rings (SSSR count). The van der Waals surface area contributed by atoms with Gasteiger partial charge in [0.2, 0.25) is 0 Å². The molecule has 1 atom stereocenters. The first-order chi connectivity index (χ1) is 10.6. The van der Waals surface area contributed by atoms with Gasteiger partial charge >= 0.3 is 0 Å². The number of hydrogen-bond donors (Lipinski definition) is 1. The Labute approximate surface area is 129 Å². The Morgan fingerprint density at radius 2 is 2.00 bits per heavy atom. The summed E-state index contributed by atoms with van der Waals surface area (Å²) in [4.78, 5) is 17.7. The van der Waals surface area contributed by atoms with E-state index in [1.807, 2.05) is 26.0 Å². The fourth-order valence-corrected chi connectivity index (χ4v) is 3.25. The minimum atomic E-state index is -0.202. The van der Waals surface area contributed by atoms with Gasteiger partial charge in [-0.15, -0.1) is 0 Å². The van der Waals surface area contributed by atoms with Crippen LogP contribution >= 0.6 is 0 Å². The summed E-state index contributed by atoms with van der Waals surface area (Å²) in [5.41, 5.74) is 3.78. The molecule has 0 amide bonds. The highest BCUT2D eigenvalue weighted by Crippen LogP contribution is 2.33. The lowest BCUT2D eigenvalue weighted by atomic mass is 10.0. The summed E-state index contributed by atoms with van der Waals surface area (Å²) in [5, 5.41) is 0. The van der Waals surface area contributed by atoms with E-state index in [-0.39, 0.29) is 11.2 Å². The van der Waals surface area contributed by atoms with E-state index in [1.165, 1.54) is 12.1 Å². The normalized spacial score (nSPS) is 18.8. The van der Waals surface area contributed by atoms with Crippen LogP contribution in [0.25, 0.3) is 0 Å². The molecule has 1 saturated heterocycles. The van der Waals surface area contributed by atoms with Gasteiger partial charge in [-0.3, -0.25) is 9.69 Å². The lowest BCUT2D eigenvalue weighted by Crippen LogP contribution is -2.25. The van der Waals surface area contributed by atoms with Crippen LogP contribution in [0.5, 0.6) is 0 Å². The average Bonchev–Trinajstić information content (AvgIpc) is 2.97. The first-order valence-electron chi connectivity index (χ1n) is 7.73. The highest BCUT2D eigenvalue weighted by molar-refractivity contribution is 5.25. The number of benzene rings is 1. The number of rotatable bonds is 3. The summed E-state index contributed by atoms with van der Waals surface area (Å²) in [6, 6.07) is 7.06. The Balaban J connectivity index is 1.84. The third-order valence-electron chi connectivity index (χ3n) is 4.59. The van der Waals surface area contributed by atoms with Crippen molar-refractivity contribution < 1.29 is 4.39 Å². The number of pyridine rings is 1. The third kappa shape index (κ3) is 2.83. The number of likely N-dealkylation sites (tertiary alicyclic amines) is 1. The summed E-state index contributed by atoms with van der Waals surface area (Å²) in [6.45, 7) is 5.43. The second-order valence-corrected chi connectivity index (χ2v) is 6.08. The summed E-state index contributed by atoms with van der Waals surface area (Å²) in [6.07, 6.45) is 3.98. The molecule has 0 bridgehead atoms. The van der Waals surface area contributed by atoms with Crippen molar-refractivity contribution in [1.82, 2.24) is 9.88 Å². The lowest BCUT2D eigenvalue weighted by molar-refractivity contribution is 0.245. The molecule has 1 unspecified atom stereocenters. The topological polar surface area (TPSA) is 36.1 Å². The number of halogens is 1. The van der Waals surface area contributed by atoms with Crippen molar-refractivity contribution in [3.63, 3.8) is 0 Å². The zero-order valence-electron chi connectivity index (χ0n) is 13.0. The van der Waals surface area contributed by atoms with Gasteiger partial charge in [0.15, 0.2) is 5.43 Å². The van der Waals surface area contributed by atoms with Crippen molar-refractivity contribution in [1.29, 1.82) is 0 Å². The molecule has 0 radical (unpaired) electrons. The van der Waals surface area contributed by atoms with E-state index >= 15 is 0 Å². The van der Waals surface area contributed by atoms with Gasteiger partial charge in [0.1, 0.15) is 5.82 Å². The van der Waals surface area contributed by atoms with Crippen LogP contribution in [0.15, 0.2) is 35.3 Å². The second kappa shape index (κ2) is 6.05. The maximum Gasteiger partial charge on any atom is 0.187 e. The highest BCUT2D eigenvalue weighted by Gasteiger charge is 2.26. The molecular weight excluding hydrogens is 279 g/mol. The Bertz CT molecular complexity index is 721. The molecule has 2 heterocycles. The Kier molecular flexibility index (Phi) is 4.12. The summed E-state index contributed by atoms with van der Waals surface area (Å²) < 4.78 is 13.1. The smallest absolute Gasteiger partial charge is 0.187 e. The van der Waals surface area contributed by atoms with Crippen molar-refractivity contribution >= 4 is 0 Å². The molecule has 1 aliphatic heterocycles. The summed E-state index contributed by atoms with van der Waals surface area (Å²) in [7, 11) is 0. The number of hydrogen-bond acceptors (Lipinski definition) is 2. The van der Waals surface area contributed by atoms with Gasteiger partial charge in [-0.25, -0.2) is 4.39 Å². The van der Waals surface area contributed by atoms with E-state index in [4.69, 9.17) is 0 Å². The number of aryl methyl sites for hydroxylation is 1. The van der Waals surface area contributed by atoms with Crippen molar-refractivity contribution in [2.75, 3.05) is 6.54 Å². The van der Waals surface area contributed by atoms with E-state index in [0.717, 1.165) is 48.3 Å². The Morgan fingerprint density at radius 3 is 2.73 bits per heavy atom. The zero-order valence-corrected chi connectivity index (χ0v) is 13.0. The predicted octanol–water partition coefficient (Wildman–Crippen LogP) is 3.47. The van der Waals surface area contributed by atoms with Crippen molar-refractivity contribution in [2.24, 2.45) is 0 Å². The number of nitrogens with zero attached hydrogens (tertiary/aromatic N) is 1. The molecule has 1 fully saturated rings. The largest absolute Gasteiger partial charge is 0.363 e. The van der Waals surface area contributed by atoms with Crippen molar-refractivity contribution in [2.45, 2.75) is 39.3 Å². The minimum Gasteiger partial charge on any atom is -0.363 e. The van der Waals surface area contributed by atoms with Gasteiger partial charge in [0, 0.05) is 35.6 Å². The SMILES string of the molecule is Cc1c[nH]c(CN2CCCC2c2ccc(F)cc2)c(C)c1=O. The average molecular weight is 300 g/mol. The monoisotopic (exact) mass is 300 g/mol. The molecule has 2 aromatic rings. The molecule has 22 heavy (non-hydrogen) atoms. The standard InChI is InChI=1S/C18H21FN2O/c1-12-10-20-16(13(2)18(12)22)11-21-9-3-4-17(21)14-5-7-15(19)8-6-14/h5-8,10,17H,3-4,9,11H2,1-2H3,(H,20,22). The number of nitrogens with one attached hydrogen (secondary N) is 1. The van der Waals surface area contributed by atoms with Crippen LogP contribution < -0.4 is 5.43 Å². The van der Waals surface area contributed by atoms with Crippen LogP contribution in [0.4, 0.5) is 4.39 Å². The number of aromatic amines is 1. The van der Waals surface area contributed by atoms with Crippen LogP contribution in [-0.2, 0) is 6.54 Å². The summed E-state index contributed by atoms with van der Waals surface area (Å²) >= 11 is 0. The molecule has 0 spiro atoms. The van der Waals surface area contributed by atoms with Gasteiger partial charge < -0.3 is 4.98 Å². The minimum absolute atomic E-state index is 0.117. The van der Waals surface area contributed by atoms with Crippen LogP contribution in [0, 0.1) is 19.7 Å². The quantitative estimate of drug-likeness (QED) is 0.942. The molecule has 4 heteroatoms. The first kappa shape index (κ1) is 15.0. The van der Waals surface area contributed by atoms with Gasteiger partial charge in [-0.2, -0.15) is 0 Å². The van der Waals surface area contributed by atoms with Crippen molar-refractivity contribution in [3.8, 4) is 0 Å². The van der Waals surface area contributed by atoms with E-state index in [1.54, 1.807) is 6.20 Å². The molecule has 1 aromatic carbocycles. The molecule has 3 nitrogen and oxygen atoms in total. The maximum atomic E-state index is 13.1. The van der Waals surface area contributed by atoms with Crippen LogP contribution in [0.2, 0.25) is 0 Å². The van der Waals surface area contributed by atoms with Crippen LogP contribution in [0.3, 0.4) is 0 Å². The van der Waals surface area contributed by atoms with Gasteiger partial charge in [0.05, 0.1) is 0 Å². The number of aromatic nitrogens is 1. The van der Waals surface area contributed by atoms with Crippen LogP contribution in [0.1, 0.15) is 41.3 Å². The molecule has 0 saturated carbocycles. The molecule has 116 valence electrons. The number of H-pyrrole nitrogens is 1. The van der Waals surface area contributed by atoms with E-state index in [0.29, 0.717) is 6.04 Å².